The number of nitrogens with two attached hydrogens (primary N) is 1. The quantitative estimate of drug-likeness (QED) is 0.344. The zero-order valence-corrected chi connectivity index (χ0v) is 5.83. The zero-order valence-electron chi connectivity index (χ0n) is 5.83. The van der Waals surface area contributed by atoms with E-state index in [-0.39, 0.29) is 12.6 Å². The number of hydrogen-bond donors (Lipinski definition) is 1. The van der Waals surface area contributed by atoms with Crippen LogP contribution in [0.25, 0.3) is 0 Å². The molecule has 0 aliphatic rings. The molecule has 0 amide bonds. The Bertz CT molecular complexity index is 163. The smallest absolute Gasteiger partial charge is 0.303 e. The van der Waals surface area contributed by atoms with Crippen LogP contribution in [0.5, 0.6) is 0 Å². The van der Waals surface area contributed by atoms with Crippen molar-refractivity contribution in [3.8, 4) is 0 Å². The number of carbonyl (C=O) groups excluding carboxylic acids is 1. The molecule has 0 aromatic carbocycles. The number of nitrogens with zero attached hydrogens (tertiary/aromatic N) is 1. The van der Waals surface area contributed by atoms with Crippen LogP contribution in [-0.2, 0) is 9.53 Å². The molecule has 0 heterocycles. The molecule has 0 aliphatic carbocycles. The van der Waals surface area contributed by atoms with Crippen LogP contribution in [0.4, 0.5) is 0 Å². The van der Waals surface area contributed by atoms with E-state index in [1.807, 2.05) is 0 Å². The van der Waals surface area contributed by atoms with Crippen LogP contribution < -0.4 is 5.73 Å². The van der Waals surface area contributed by atoms with Gasteiger partial charge >= 0.3 is 5.97 Å². The summed E-state index contributed by atoms with van der Waals surface area (Å²) in [4.78, 5) is 13.8. The van der Waals surface area contributed by atoms with E-state index in [1.165, 1.54) is 6.92 Å². The van der Waals surface area contributed by atoms with Crippen LogP contribution >= 0.6 is 0 Å². The summed E-state index contributed by atoms with van der Waals surface area (Å²) in [6.45, 7) is 4.88. The molecule has 0 aromatic rings. The Morgan fingerprint density at radius 3 is 2.90 bits per heavy atom. The molecule has 0 saturated heterocycles. The maximum absolute atomic E-state index is 10.2. The molecular weight excluding hydrogens is 132 g/mol. The maximum atomic E-state index is 10.2. The fourth-order valence-corrected chi connectivity index (χ4v) is 0.328. The van der Waals surface area contributed by atoms with Crippen molar-refractivity contribution >= 4 is 12.3 Å². The van der Waals surface area contributed by atoms with Gasteiger partial charge in [-0.05, 0) is 0 Å². The lowest BCUT2D eigenvalue weighted by molar-refractivity contribution is -0.139. The summed E-state index contributed by atoms with van der Waals surface area (Å²) in [7, 11) is 0. The number of ether oxygens (including phenoxy) is 1. The lowest BCUT2D eigenvalue weighted by Gasteiger charge is -1.98. The molecular formula is C6H10N2O2. The first-order valence-corrected chi connectivity index (χ1v) is 2.72. The van der Waals surface area contributed by atoms with Crippen LogP contribution in [0, 0.1) is 0 Å². The minimum absolute atomic E-state index is 0.100. The second-order valence-electron chi connectivity index (χ2n) is 1.62. The van der Waals surface area contributed by atoms with E-state index in [0.29, 0.717) is 5.70 Å². The summed E-state index contributed by atoms with van der Waals surface area (Å²) in [5.41, 5.74) is 5.37. The van der Waals surface area contributed by atoms with E-state index in [2.05, 4.69) is 16.3 Å². The molecule has 0 fully saturated rings. The molecule has 10 heavy (non-hydrogen) atoms. The van der Waals surface area contributed by atoms with Gasteiger partial charge in [-0.3, -0.25) is 4.79 Å². The predicted octanol–water partition coefficient (Wildman–Crippen LogP) is 0.0502. The van der Waals surface area contributed by atoms with Gasteiger partial charge in [0, 0.05) is 6.92 Å². The largest absolute Gasteiger partial charge is 0.459 e. The number of esters is 1. The van der Waals surface area contributed by atoms with Crippen molar-refractivity contribution in [1.29, 1.82) is 0 Å². The predicted molar refractivity (Wildman–Crippen MR) is 38.5 cm³/mol. The second-order valence-corrected chi connectivity index (χ2v) is 1.62. The van der Waals surface area contributed by atoms with E-state index < -0.39 is 0 Å². The van der Waals surface area contributed by atoms with E-state index in [9.17, 15) is 4.79 Å². The Balaban J connectivity index is 3.50. The summed E-state index contributed by atoms with van der Waals surface area (Å²) >= 11 is 0. The molecule has 0 aliphatic heterocycles. The lowest BCUT2D eigenvalue weighted by Crippen LogP contribution is -2.02. The van der Waals surface area contributed by atoms with Gasteiger partial charge in [0.2, 0.25) is 0 Å². The molecule has 0 saturated carbocycles. The first-order chi connectivity index (χ1) is 4.66. The monoisotopic (exact) mass is 142 g/mol. The summed E-state index contributed by atoms with van der Waals surface area (Å²) in [5, 5.41) is 0. The normalized spacial score (nSPS) is 9.70. The summed E-state index contributed by atoms with van der Waals surface area (Å²) in [6.07, 6.45) is 1.10. The SMILES string of the molecule is C=C(COC(C)=O)N=CN. The molecule has 2 N–H and O–H groups in total. The minimum atomic E-state index is -0.353. The Morgan fingerprint density at radius 1 is 1.90 bits per heavy atom. The molecule has 56 valence electrons. The van der Waals surface area contributed by atoms with Crippen molar-refractivity contribution in [1.82, 2.24) is 0 Å². The number of carbonyl (C=O) groups is 1. The first kappa shape index (κ1) is 8.68. The lowest BCUT2D eigenvalue weighted by atomic mass is 10.5. The van der Waals surface area contributed by atoms with Crippen molar-refractivity contribution in [2.45, 2.75) is 6.92 Å². The molecule has 0 aromatic heterocycles. The number of aliphatic imine (C=N–C) groups is 1. The average molecular weight is 142 g/mol. The highest BCUT2D eigenvalue weighted by Crippen LogP contribution is 1.91. The van der Waals surface area contributed by atoms with Gasteiger partial charge in [0.05, 0.1) is 12.0 Å². The van der Waals surface area contributed by atoms with Gasteiger partial charge in [0.1, 0.15) is 6.61 Å². The van der Waals surface area contributed by atoms with Gasteiger partial charge in [-0.15, -0.1) is 0 Å². The van der Waals surface area contributed by atoms with Crippen molar-refractivity contribution in [2.24, 2.45) is 10.7 Å². The maximum Gasteiger partial charge on any atom is 0.303 e. The zero-order chi connectivity index (χ0) is 7.98. The molecule has 4 nitrogen and oxygen atoms in total. The van der Waals surface area contributed by atoms with Crippen LogP contribution in [0.15, 0.2) is 17.3 Å². The van der Waals surface area contributed by atoms with Crippen molar-refractivity contribution < 1.29 is 9.53 Å². The molecule has 0 bridgehead atoms. The van der Waals surface area contributed by atoms with E-state index >= 15 is 0 Å². The number of rotatable bonds is 3. The van der Waals surface area contributed by atoms with Crippen LogP contribution in [0.3, 0.4) is 0 Å². The molecule has 0 unspecified atom stereocenters. The first-order valence-electron chi connectivity index (χ1n) is 2.72. The van der Waals surface area contributed by atoms with Gasteiger partial charge in [0.25, 0.3) is 0 Å². The minimum Gasteiger partial charge on any atom is -0.459 e. The summed E-state index contributed by atoms with van der Waals surface area (Å²) in [6, 6.07) is 0. The topological polar surface area (TPSA) is 64.7 Å². The van der Waals surface area contributed by atoms with Gasteiger partial charge < -0.3 is 10.5 Å². The van der Waals surface area contributed by atoms with Gasteiger partial charge in [0.15, 0.2) is 0 Å². The van der Waals surface area contributed by atoms with Gasteiger partial charge in [-0.25, -0.2) is 4.99 Å². The Labute approximate surface area is 59.4 Å². The summed E-state index contributed by atoms with van der Waals surface area (Å²) in [5.74, 6) is -0.353. The van der Waals surface area contributed by atoms with Crippen molar-refractivity contribution in [3.63, 3.8) is 0 Å². The molecule has 0 atom stereocenters. The Hall–Kier alpha value is -1.32. The van der Waals surface area contributed by atoms with Crippen molar-refractivity contribution in [3.05, 3.63) is 12.3 Å². The standard InChI is InChI=1S/C6H10N2O2/c1-5(8-4-7)3-10-6(2)9/h4H,1,3H2,2H3,(H2,7,8). The van der Waals surface area contributed by atoms with Crippen LogP contribution in [0.2, 0.25) is 0 Å². The highest BCUT2D eigenvalue weighted by atomic mass is 16.5. The van der Waals surface area contributed by atoms with Gasteiger partial charge in [-0.1, -0.05) is 6.58 Å². The number of hydrogen-bond acceptors (Lipinski definition) is 3. The van der Waals surface area contributed by atoms with E-state index in [1.54, 1.807) is 0 Å². The molecule has 0 rings (SSSR count). The highest BCUT2D eigenvalue weighted by molar-refractivity contribution is 5.66. The molecule has 0 radical (unpaired) electrons. The third kappa shape index (κ3) is 4.83. The Morgan fingerprint density at radius 2 is 2.50 bits per heavy atom. The van der Waals surface area contributed by atoms with E-state index in [0.717, 1.165) is 6.34 Å². The van der Waals surface area contributed by atoms with Crippen molar-refractivity contribution in [2.75, 3.05) is 6.61 Å². The van der Waals surface area contributed by atoms with E-state index in [4.69, 9.17) is 5.73 Å². The highest BCUT2D eigenvalue weighted by Gasteiger charge is 1.92. The fourth-order valence-electron chi connectivity index (χ4n) is 0.328. The molecule has 0 spiro atoms. The summed E-state index contributed by atoms with van der Waals surface area (Å²) < 4.78 is 4.55. The van der Waals surface area contributed by atoms with Crippen LogP contribution in [0.1, 0.15) is 6.92 Å². The average Bonchev–Trinajstić information content (AvgIpc) is 1.85. The fraction of sp³-hybridized carbons (Fsp3) is 0.333. The molecule has 4 heteroatoms. The van der Waals surface area contributed by atoms with Gasteiger partial charge in [-0.2, -0.15) is 0 Å². The van der Waals surface area contributed by atoms with Crippen LogP contribution in [-0.4, -0.2) is 18.9 Å². The third-order valence-corrected chi connectivity index (χ3v) is 0.699. The second kappa shape index (κ2) is 4.55. The third-order valence-electron chi connectivity index (χ3n) is 0.699. The Kier molecular flexibility index (Phi) is 3.95.